The maximum absolute atomic E-state index is 13.1. The van der Waals surface area contributed by atoms with Crippen LogP contribution >= 0.6 is 0 Å². The normalized spacial score (nSPS) is 48.7. The zero-order valence-corrected chi connectivity index (χ0v) is 54.2. The average molecular weight is 1460 g/mol. The molecule has 0 aromatic heterocycles. The van der Waals surface area contributed by atoms with Crippen LogP contribution in [-0.2, 0) is 90.2 Å². The lowest BCUT2D eigenvalue weighted by molar-refractivity contribution is -0.396. The smallest absolute Gasteiger partial charge is 0.217 e. The summed E-state index contributed by atoms with van der Waals surface area (Å²) in [6.07, 6.45) is -71.6. The highest BCUT2D eigenvalue weighted by Crippen LogP contribution is 2.38. The van der Waals surface area contributed by atoms with Crippen LogP contribution in [0.1, 0.15) is 34.6 Å². The van der Waals surface area contributed by atoms with E-state index in [0.717, 1.165) is 27.7 Å². The third-order valence-corrected chi connectivity index (χ3v) is 18.2. The lowest BCUT2D eigenvalue weighted by Crippen LogP contribution is -2.71. The van der Waals surface area contributed by atoms with Crippen molar-refractivity contribution in [3.8, 4) is 0 Å². The predicted molar refractivity (Wildman–Crippen MR) is 309 cm³/mol. The molecule has 44 nitrogen and oxygen atoms in total. The summed E-state index contributed by atoms with van der Waals surface area (Å²) in [6.45, 7) is -1.92. The Bertz CT molecular complexity index is 2620. The minimum Gasteiger partial charge on any atom is -0.394 e. The van der Waals surface area contributed by atoms with Crippen molar-refractivity contribution in [3.05, 3.63) is 0 Å². The molecule has 0 spiro atoms. The van der Waals surface area contributed by atoms with Gasteiger partial charge in [0.1, 0.15) is 189 Å². The molecule has 40 atom stereocenters. The third kappa shape index (κ3) is 18.3. The van der Waals surface area contributed by atoms with Gasteiger partial charge in [-0.15, -0.1) is 0 Å². The first-order chi connectivity index (χ1) is 47.2. The van der Waals surface area contributed by atoms with Crippen LogP contribution in [0.4, 0.5) is 0 Å². The van der Waals surface area contributed by atoms with Crippen LogP contribution in [0.25, 0.3) is 0 Å². The molecule has 0 aromatic rings. The van der Waals surface area contributed by atoms with Crippen LogP contribution in [0.2, 0.25) is 0 Å². The molecular weight excluding hydrogens is 1370 g/mol. The second-order valence-corrected chi connectivity index (χ2v) is 25.4. The Morgan fingerprint density at radius 3 is 1.09 bits per heavy atom. The minimum absolute atomic E-state index is 0.809. The molecule has 8 fully saturated rings. The van der Waals surface area contributed by atoms with Crippen LogP contribution in [0.15, 0.2) is 0 Å². The molecule has 8 heterocycles. The van der Waals surface area contributed by atoms with Crippen LogP contribution in [-0.4, -0.2) is 423 Å². The van der Waals surface area contributed by atoms with Gasteiger partial charge >= 0.3 is 0 Å². The SMILES string of the molecule is CC(=O)N[C@@H]1[C@@H](O)[C@H](O[C@@H]2O[C@H](CO)[C@@H](OC3O[C@H](COC4O[C@H](CO)[C@@H](O)[C@H](O)[C@@H]4OC4O[C@H](CO)[C@@H](O)[C@H](O)[C@H]4NC(C)=O)[C@@H](O)[C@H](OC4O[C@H](CO)[C@@H](O)[C@H](O)[C@@H]4OC4O[C@H](CO)[C@@H](O)[C@H](O)[C@H]4NC(C)=O)[C@@H]3O)[C@H](O)[C@H]2NC(C)=O)[C@@H](CO[C@@H]2O[C@@H](C)[C@@H](O)[C@@H](O)[C@@H]2O)O[C@H]1O. The van der Waals surface area contributed by atoms with Crippen molar-refractivity contribution in [2.75, 3.05) is 46.2 Å². The zero-order valence-electron chi connectivity index (χ0n) is 54.2. The van der Waals surface area contributed by atoms with Gasteiger partial charge in [0.25, 0.3) is 0 Å². The topological polar surface area (TPSA) is 680 Å². The van der Waals surface area contributed by atoms with Gasteiger partial charge in [-0.25, -0.2) is 0 Å². The maximum atomic E-state index is 13.1. The fourth-order valence-electron chi connectivity index (χ4n) is 12.8. The Balaban J connectivity index is 1.14. The highest BCUT2D eigenvalue weighted by atomic mass is 16.8. The summed E-state index contributed by atoms with van der Waals surface area (Å²) >= 11 is 0. The molecule has 8 aliphatic heterocycles. The molecule has 0 aliphatic carbocycles. The van der Waals surface area contributed by atoms with Crippen molar-refractivity contribution < 1.29 is 197 Å². The standard InChI is InChI=1S/C56H94N4O40/c1-13-29(70)39(80)42(83)53(88-13)86-12-24-45(37(78)25(49(85)89-24)57-14(2)66)96-52-28(60-17(5)69)38(79)44(22(10-65)94-52)97-54-43(84)46(98-56-48(41(82)33(74)21(9-64)93-56)100-51-27(59-16(4)68)36(77)31(72)19(7-62)91-51)34(75)23(95-54)11-87-55-47(40(81)32(73)20(8-63)92-55)99-50-26(58-15(3)67)35(76)30(71)18(6-61)90-50/h13,18-56,61-65,70-85H,6-12H2,1-5H3,(H,57,66)(H,58,67)(H,59,68)(H,60,69)/t13-,18+,19+,20+,21+,22+,23+,24+,25+,26+,27+,28+,29+,30+,31+,32+,33+,34+,35+,36+,37+,38+,39+,40-,41-,42-,43-,44+,45+,46-,47-,48-,49+,50?,51?,52-,53+,54?,55?,56?/m0/s1. The monoisotopic (exact) mass is 1460 g/mol. The number of carbonyl (C=O) groups excluding carboxylic acids is 4. The molecule has 8 aliphatic rings. The summed E-state index contributed by atoms with van der Waals surface area (Å²) in [5.74, 6) is -3.42. The molecule has 100 heavy (non-hydrogen) atoms. The molecule has 5 unspecified atom stereocenters. The van der Waals surface area contributed by atoms with E-state index in [1.807, 2.05) is 0 Å². The zero-order chi connectivity index (χ0) is 73.8. The van der Waals surface area contributed by atoms with Gasteiger partial charge in [0, 0.05) is 27.7 Å². The summed E-state index contributed by atoms with van der Waals surface area (Å²) < 4.78 is 88.8. The van der Waals surface area contributed by atoms with Crippen LogP contribution < -0.4 is 21.3 Å². The van der Waals surface area contributed by atoms with E-state index in [0.29, 0.717) is 0 Å². The second-order valence-electron chi connectivity index (χ2n) is 25.4. The van der Waals surface area contributed by atoms with Crippen molar-refractivity contribution >= 4 is 23.6 Å². The summed E-state index contributed by atoms with van der Waals surface area (Å²) in [5, 5.41) is 242. The van der Waals surface area contributed by atoms with Gasteiger partial charge in [-0.1, -0.05) is 0 Å². The van der Waals surface area contributed by atoms with E-state index >= 15 is 0 Å². The van der Waals surface area contributed by atoms with E-state index in [4.69, 9.17) is 71.1 Å². The Labute approximate surface area is 567 Å². The van der Waals surface area contributed by atoms with Crippen molar-refractivity contribution in [1.29, 1.82) is 0 Å². The molecule has 0 bridgehead atoms. The summed E-state index contributed by atoms with van der Waals surface area (Å²) in [4.78, 5) is 50.2. The lowest BCUT2D eigenvalue weighted by atomic mass is 9.93. The quantitative estimate of drug-likeness (QED) is 0.0404. The number of aliphatic hydroxyl groups excluding tert-OH is 21. The number of carbonyl (C=O) groups is 4. The van der Waals surface area contributed by atoms with Gasteiger partial charge in [-0.05, 0) is 6.92 Å². The van der Waals surface area contributed by atoms with Gasteiger partial charge in [0.05, 0.1) is 52.4 Å². The molecule has 0 saturated carbocycles. The highest BCUT2D eigenvalue weighted by molar-refractivity contribution is 5.74. The molecule has 25 N–H and O–H groups in total. The van der Waals surface area contributed by atoms with E-state index in [-0.39, 0.29) is 0 Å². The first kappa shape index (κ1) is 82.1. The molecule has 4 amide bonds. The fourth-order valence-corrected chi connectivity index (χ4v) is 12.8. The molecule has 0 aromatic carbocycles. The summed E-state index contributed by atoms with van der Waals surface area (Å²) in [7, 11) is 0. The van der Waals surface area contributed by atoms with Gasteiger partial charge in [0.2, 0.25) is 23.6 Å². The summed E-state index contributed by atoms with van der Waals surface area (Å²) in [5.41, 5.74) is 0. The Hall–Kier alpha value is -3.56. The Morgan fingerprint density at radius 1 is 0.280 bits per heavy atom. The summed E-state index contributed by atoms with van der Waals surface area (Å²) in [6, 6.07) is -7.10. The molecule has 8 saturated heterocycles. The Kier molecular flexibility index (Phi) is 29.3. The van der Waals surface area contributed by atoms with E-state index < -0.39 is 315 Å². The molecular formula is C56H94N4O40. The van der Waals surface area contributed by atoms with Gasteiger partial charge < -0.3 is 200 Å². The number of aliphatic hydroxyl groups is 21. The average Bonchev–Trinajstić information content (AvgIpc) is 0.770. The van der Waals surface area contributed by atoms with E-state index in [1.165, 1.54) is 6.92 Å². The molecule has 578 valence electrons. The highest BCUT2D eigenvalue weighted by Gasteiger charge is 2.60. The number of hydrogen-bond acceptors (Lipinski definition) is 40. The largest absolute Gasteiger partial charge is 0.394 e. The van der Waals surface area contributed by atoms with E-state index in [1.54, 1.807) is 0 Å². The van der Waals surface area contributed by atoms with Gasteiger partial charge in [0.15, 0.2) is 50.3 Å². The van der Waals surface area contributed by atoms with Crippen LogP contribution in [0.5, 0.6) is 0 Å². The predicted octanol–water partition coefficient (Wildman–Crippen LogP) is -16.8. The third-order valence-electron chi connectivity index (χ3n) is 18.2. The first-order valence-electron chi connectivity index (χ1n) is 32.0. The maximum Gasteiger partial charge on any atom is 0.217 e. The van der Waals surface area contributed by atoms with Crippen LogP contribution in [0, 0.1) is 0 Å². The van der Waals surface area contributed by atoms with E-state index in [2.05, 4.69) is 21.3 Å². The van der Waals surface area contributed by atoms with Crippen molar-refractivity contribution in [3.63, 3.8) is 0 Å². The van der Waals surface area contributed by atoms with E-state index in [9.17, 15) is 126 Å². The first-order valence-corrected chi connectivity index (χ1v) is 32.0. The van der Waals surface area contributed by atoms with Crippen molar-refractivity contribution in [2.45, 2.75) is 280 Å². The lowest BCUT2D eigenvalue weighted by Gasteiger charge is -2.51. The Morgan fingerprint density at radius 2 is 0.620 bits per heavy atom. The number of rotatable bonds is 25. The number of amides is 4. The van der Waals surface area contributed by atoms with Crippen LogP contribution in [0.3, 0.4) is 0 Å². The minimum atomic E-state index is -2.50. The molecule has 8 rings (SSSR count). The van der Waals surface area contributed by atoms with Crippen molar-refractivity contribution in [2.24, 2.45) is 0 Å². The number of nitrogens with one attached hydrogen (secondary N) is 4. The second kappa shape index (κ2) is 35.7. The molecule has 44 heteroatoms. The molecule has 0 radical (unpaired) electrons. The number of hydrogen-bond donors (Lipinski definition) is 25. The van der Waals surface area contributed by atoms with Gasteiger partial charge in [-0.3, -0.25) is 19.2 Å². The van der Waals surface area contributed by atoms with Crippen molar-refractivity contribution in [1.82, 2.24) is 21.3 Å². The number of ether oxygens (including phenoxy) is 15. The fraction of sp³-hybridized carbons (Fsp3) is 0.929. The van der Waals surface area contributed by atoms with Gasteiger partial charge in [-0.2, -0.15) is 0 Å².